The predicted octanol–water partition coefficient (Wildman–Crippen LogP) is 4.27. The van der Waals surface area contributed by atoms with Crippen LogP contribution in [0.5, 0.6) is 0 Å². The van der Waals surface area contributed by atoms with Gasteiger partial charge in [0.15, 0.2) is 0 Å². The number of hydrogen-bond acceptors (Lipinski definition) is 5. The van der Waals surface area contributed by atoms with Crippen LogP contribution in [0.4, 0.5) is 0 Å². The molecule has 0 radical (unpaired) electrons. The highest BCUT2D eigenvalue weighted by Crippen LogP contribution is 2.49. The van der Waals surface area contributed by atoms with Gasteiger partial charge in [0.2, 0.25) is 0 Å². The lowest BCUT2D eigenvalue weighted by molar-refractivity contribution is -0.153. The Kier molecular flexibility index (Phi) is 6.15. The highest BCUT2D eigenvalue weighted by atomic mass is 16.6. The molecule has 3 saturated carbocycles. The second-order valence-corrected chi connectivity index (χ2v) is 9.86. The fourth-order valence-corrected chi connectivity index (χ4v) is 6.69. The fourth-order valence-electron chi connectivity index (χ4n) is 6.69. The lowest BCUT2D eigenvalue weighted by Gasteiger charge is -2.29. The van der Waals surface area contributed by atoms with Crippen LogP contribution in [-0.4, -0.2) is 28.4 Å². The van der Waals surface area contributed by atoms with E-state index in [-0.39, 0.29) is 17.9 Å². The first-order valence-electron chi connectivity index (χ1n) is 12.4. The largest absolute Gasteiger partial charge is 0.466 e. The van der Waals surface area contributed by atoms with E-state index in [1.807, 2.05) is 6.92 Å². The second-order valence-electron chi connectivity index (χ2n) is 9.86. The van der Waals surface area contributed by atoms with E-state index < -0.39 is 0 Å². The van der Waals surface area contributed by atoms with E-state index >= 15 is 0 Å². The van der Waals surface area contributed by atoms with Crippen molar-refractivity contribution in [3.05, 3.63) is 17.0 Å². The maximum atomic E-state index is 12.5. The van der Waals surface area contributed by atoms with E-state index in [0.717, 1.165) is 31.4 Å². The summed E-state index contributed by atoms with van der Waals surface area (Å²) in [5.74, 6) is 0.869. The lowest BCUT2D eigenvalue weighted by Crippen LogP contribution is -2.44. The molecule has 6 nitrogen and oxygen atoms in total. The van der Waals surface area contributed by atoms with Crippen LogP contribution in [0.3, 0.4) is 0 Å². The van der Waals surface area contributed by atoms with Gasteiger partial charge in [0.05, 0.1) is 24.3 Å². The van der Waals surface area contributed by atoms with E-state index in [1.165, 1.54) is 62.6 Å². The summed E-state index contributed by atoms with van der Waals surface area (Å²) in [6.45, 7) is 2.83. The maximum absolute atomic E-state index is 12.5. The minimum Gasteiger partial charge on any atom is -0.466 e. The molecule has 0 aliphatic heterocycles. The molecule has 1 aromatic rings. The van der Waals surface area contributed by atoms with Crippen molar-refractivity contribution in [2.75, 3.05) is 6.61 Å². The molecule has 166 valence electrons. The number of fused-ring (bicyclic) bond motifs is 3. The van der Waals surface area contributed by atoms with Crippen molar-refractivity contribution < 1.29 is 14.4 Å². The standard InChI is InChI=1S/C24H37N3O3/c1-2-29-24(28)22-16-12-13-17(14-16)23(22)26-30-15-20-19-10-6-7-11-21(19)27(25-20)18-8-4-3-5-9-18/h16-18,22-23,26H,2-15H2,1H3. The lowest BCUT2D eigenvalue weighted by atomic mass is 9.85. The molecule has 0 spiro atoms. The first-order chi connectivity index (χ1) is 14.8. The van der Waals surface area contributed by atoms with E-state index in [0.29, 0.717) is 31.1 Å². The van der Waals surface area contributed by atoms with Gasteiger partial charge in [-0.25, -0.2) is 0 Å². The van der Waals surface area contributed by atoms with Crippen LogP contribution >= 0.6 is 0 Å². The van der Waals surface area contributed by atoms with Crippen molar-refractivity contribution in [1.82, 2.24) is 15.3 Å². The van der Waals surface area contributed by atoms with Crippen molar-refractivity contribution in [1.29, 1.82) is 0 Å². The Balaban J connectivity index is 1.26. The average molecular weight is 416 g/mol. The van der Waals surface area contributed by atoms with Gasteiger partial charge in [-0.05, 0) is 82.1 Å². The number of ether oxygens (including phenoxy) is 1. The molecule has 1 heterocycles. The van der Waals surface area contributed by atoms with Crippen LogP contribution in [-0.2, 0) is 33.8 Å². The summed E-state index contributed by atoms with van der Waals surface area (Å²) in [5, 5.41) is 5.07. The van der Waals surface area contributed by atoms with Gasteiger partial charge >= 0.3 is 5.97 Å². The summed E-state index contributed by atoms with van der Waals surface area (Å²) in [5.41, 5.74) is 7.31. The zero-order valence-corrected chi connectivity index (χ0v) is 18.4. The summed E-state index contributed by atoms with van der Waals surface area (Å²) in [7, 11) is 0. The van der Waals surface area contributed by atoms with E-state index in [4.69, 9.17) is 14.7 Å². The molecule has 1 N–H and O–H groups in total. The van der Waals surface area contributed by atoms with Crippen molar-refractivity contribution in [2.24, 2.45) is 17.8 Å². The number of nitrogens with zero attached hydrogens (tertiary/aromatic N) is 2. The smallest absolute Gasteiger partial charge is 0.310 e. The van der Waals surface area contributed by atoms with Crippen LogP contribution in [0.25, 0.3) is 0 Å². The summed E-state index contributed by atoms with van der Waals surface area (Å²) in [6, 6.07) is 0.658. The number of carbonyl (C=O) groups is 1. The Morgan fingerprint density at radius 2 is 1.87 bits per heavy atom. The Bertz CT molecular complexity index is 755. The first kappa shape index (κ1) is 20.5. The second kappa shape index (κ2) is 8.99. The quantitative estimate of drug-likeness (QED) is 0.532. The highest BCUT2D eigenvalue weighted by molar-refractivity contribution is 5.74. The maximum Gasteiger partial charge on any atom is 0.310 e. The third-order valence-electron chi connectivity index (χ3n) is 8.12. The van der Waals surface area contributed by atoms with Gasteiger partial charge < -0.3 is 4.74 Å². The molecule has 0 amide bonds. The van der Waals surface area contributed by atoms with Gasteiger partial charge in [-0.1, -0.05) is 19.3 Å². The van der Waals surface area contributed by atoms with E-state index in [1.54, 1.807) is 0 Å². The monoisotopic (exact) mass is 415 g/mol. The predicted molar refractivity (Wildman–Crippen MR) is 114 cm³/mol. The Morgan fingerprint density at radius 1 is 1.07 bits per heavy atom. The molecule has 1 aromatic heterocycles. The number of hydroxylamine groups is 1. The molecular weight excluding hydrogens is 378 g/mol. The van der Waals surface area contributed by atoms with Crippen LogP contribution in [0.15, 0.2) is 0 Å². The molecule has 4 atom stereocenters. The van der Waals surface area contributed by atoms with Crippen molar-refractivity contribution in [3.63, 3.8) is 0 Å². The molecule has 0 saturated heterocycles. The third-order valence-corrected chi connectivity index (χ3v) is 8.12. The highest BCUT2D eigenvalue weighted by Gasteiger charge is 2.51. The minimum atomic E-state index is -0.0580. The SMILES string of the molecule is CCOC(=O)C1C2CCC(C2)C1NOCc1nn(C2CCCCC2)c2c1CCCC2. The van der Waals surface area contributed by atoms with Gasteiger partial charge in [0.25, 0.3) is 0 Å². The molecular formula is C24H37N3O3. The first-order valence-corrected chi connectivity index (χ1v) is 12.4. The molecule has 3 fully saturated rings. The van der Waals surface area contributed by atoms with Crippen LogP contribution < -0.4 is 5.48 Å². The van der Waals surface area contributed by atoms with E-state index in [2.05, 4.69) is 10.2 Å². The number of hydrogen-bond donors (Lipinski definition) is 1. The van der Waals surface area contributed by atoms with Gasteiger partial charge in [0.1, 0.15) is 6.61 Å². The van der Waals surface area contributed by atoms with Crippen LogP contribution in [0, 0.1) is 17.8 Å². The normalized spacial score (nSPS) is 31.1. The molecule has 30 heavy (non-hydrogen) atoms. The van der Waals surface area contributed by atoms with Gasteiger partial charge in [-0.15, -0.1) is 0 Å². The zero-order chi connectivity index (χ0) is 20.5. The van der Waals surface area contributed by atoms with Crippen molar-refractivity contribution >= 4 is 5.97 Å². The summed E-state index contributed by atoms with van der Waals surface area (Å²) < 4.78 is 7.73. The topological polar surface area (TPSA) is 65.4 Å². The number of aromatic nitrogens is 2. The number of nitrogens with one attached hydrogen (secondary N) is 1. The Morgan fingerprint density at radius 3 is 2.70 bits per heavy atom. The summed E-state index contributed by atoms with van der Waals surface area (Å²) in [6.07, 6.45) is 14.8. The minimum absolute atomic E-state index is 0.0512. The molecule has 6 heteroatoms. The van der Waals surface area contributed by atoms with Crippen LogP contribution in [0.2, 0.25) is 0 Å². The fraction of sp³-hybridized carbons (Fsp3) is 0.833. The van der Waals surface area contributed by atoms with Gasteiger partial charge in [-0.3, -0.25) is 14.3 Å². The van der Waals surface area contributed by atoms with Crippen molar-refractivity contribution in [2.45, 2.75) is 103 Å². The molecule has 4 aliphatic carbocycles. The molecule has 5 rings (SSSR count). The zero-order valence-electron chi connectivity index (χ0n) is 18.4. The molecule has 4 unspecified atom stereocenters. The van der Waals surface area contributed by atoms with Gasteiger partial charge in [0, 0.05) is 11.7 Å². The average Bonchev–Trinajstić information content (AvgIpc) is 3.48. The number of rotatable bonds is 7. The van der Waals surface area contributed by atoms with Crippen LogP contribution in [0.1, 0.15) is 94.1 Å². The van der Waals surface area contributed by atoms with E-state index in [9.17, 15) is 4.79 Å². The van der Waals surface area contributed by atoms with Crippen molar-refractivity contribution in [3.8, 4) is 0 Å². The molecule has 0 aromatic carbocycles. The van der Waals surface area contributed by atoms with Gasteiger partial charge in [-0.2, -0.15) is 10.6 Å². The number of esters is 1. The Hall–Kier alpha value is -1.40. The molecule has 4 aliphatic rings. The third kappa shape index (κ3) is 3.81. The molecule has 2 bridgehead atoms. The Labute approximate surface area is 180 Å². The summed E-state index contributed by atoms with van der Waals surface area (Å²) in [4.78, 5) is 18.6. The number of carbonyl (C=O) groups excluding carboxylic acids is 1. The summed E-state index contributed by atoms with van der Waals surface area (Å²) >= 11 is 0.